The maximum absolute atomic E-state index is 12.3. The number of rotatable bonds is 2. The fourth-order valence-corrected chi connectivity index (χ4v) is 3.11. The molecule has 23 heavy (non-hydrogen) atoms. The molecule has 0 aromatic heterocycles. The lowest BCUT2D eigenvalue weighted by molar-refractivity contribution is -0.142. The van der Waals surface area contributed by atoms with Crippen LogP contribution in [0.4, 0.5) is 10.5 Å². The molecule has 0 spiro atoms. The molecule has 7 heteroatoms. The lowest BCUT2D eigenvalue weighted by Crippen LogP contribution is -2.53. The van der Waals surface area contributed by atoms with Crippen molar-refractivity contribution in [1.82, 2.24) is 9.80 Å². The molecule has 0 unspecified atom stereocenters. The first-order valence-electron chi connectivity index (χ1n) is 7.85. The Bertz CT molecular complexity index is 564. The summed E-state index contributed by atoms with van der Waals surface area (Å²) in [5.74, 6) is 0.0652. The van der Waals surface area contributed by atoms with E-state index < -0.39 is 0 Å². The minimum atomic E-state index is -0.279. The van der Waals surface area contributed by atoms with E-state index >= 15 is 0 Å². The molecule has 6 nitrogen and oxygen atoms in total. The van der Waals surface area contributed by atoms with Crippen molar-refractivity contribution < 1.29 is 14.3 Å². The second-order valence-electron chi connectivity index (χ2n) is 5.75. The van der Waals surface area contributed by atoms with Gasteiger partial charge in [-0.3, -0.25) is 4.79 Å². The monoisotopic (exact) mass is 381 g/mol. The predicted octanol–water partition coefficient (Wildman–Crippen LogP) is 2.30. The van der Waals surface area contributed by atoms with Crippen LogP contribution in [-0.4, -0.2) is 60.6 Å². The number of nitrogens with zero attached hydrogens (tertiary/aromatic N) is 2. The van der Waals surface area contributed by atoms with E-state index in [-0.39, 0.29) is 18.0 Å². The number of anilines is 1. The molecule has 3 rings (SSSR count). The van der Waals surface area contributed by atoms with Gasteiger partial charge >= 0.3 is 6.03 Å². The normalized spacial score (nSPS) is 21.3. The first-order chi connectivity index (χ1) is 11.1. The highest BCUT2D eigenvalue weighted by Crippen LogP contribution is 2.17. The van der Waals surface area contributed by atoms with Gasteiger partial charge in [0.05, 0.1) is 0 Å². The molecule has 2 fully saturated rings. The van der Waals surface area contributed by atoms with Crippen LogP contribution >= 0.6 is 15.9 Å². The van der Waals surface area contributed by atoms with Gasteiger partial charge in [0.2, 0.25) is 0 Å². The number of piperazine rings is 1. The van der Waals surface area contributed by atoms with E-state index in [9.17, 15) is 9.59 Å². The number of urea groups is 1. The van der Waals surface area contributed by atoms with Gasteiger partial charge in [0, 0.05) is 42.9 Å². The van der Waals surface area contributed by atoms with Crippen LogP contribution in [0.25, 0.3) is 0 Å². The first-order valence-corrected chi connectivity index (χ1v) is 8.65. The second-order valence-corrected chi connectivity index (χ2v) is 6.67. The fraction of sp³-hybridized carbons (Fsp3) is 0.500. The average Bonchev–Trinajstić information content (AvgIpc) is 3.11. The van der Waals surface area contributed by atoms with Crippen molar-refractivity contribution in [3.05, 3.63) is 28.7 Å². The highest BCUT2D eigenvalue weighted by Gasteiger charge is 2.31. The Hall–Kier alpha value is -1.60. The maximum atomic E-state index is 12.3. The number of carbonyl (C=O) groups excluding carboxylic acids is 2. The number of ether oxygens (including phenoxy) is 1. The minimum absolute atomic E-state index is 0.0652. The van der Waals surface area contributed by atoms with Crippen molar-refractivity contribution in [1.29, 1.82) is 0 Å². The second kappa shape index (κ2) is 7.31. The first kappa shape index (κ1) is 16.3. The molecule has 2 heterocycles. The number of benzene rings is 1. The fourth-order valence-electron chi connectivity index (χ4n) is 2.84. The van der Waals surface area contributed by atoms with Crippen molar-refractivity contribution in [3.63, 3.8) is 0 Å². The molecule has 0 radical (unpaired) electrons. The molecular weight excluding hydrogens is 362 g/mol. The highest BCUT2D eigenvalue weighted by atomic mass is 79.9. The molecule has 0 bridgehead atoms. The molecule has 1 atom stereocenters. The van der Waals surface area contributed by atoms with Crippen molar-refractivity contribution >= 4 is 33.6 Å². The third-order valence-corrected chi connectivity index (χ3v) is 4.71. The van der Waals surface area contributed by atoms with E-state index in [0.717, 1.165) is 23.0 Å². The smallest absolute Gasteiger partial charge is 0.321 e. The van der Waals surface area contributed by atoms with Gasteiger partial charge in [-0.2, -0.15) is 0 Å². The summed E-state index contributed by atoms with van der Waals surface area (Å²) in [7, 11) is 0. The Balaban J connectivity index is 1.49. The summed E-state index contributed by atoms with van der Waals surface area (Å²) in [6, 6.07) is 7.33. The molecule has 1 N–H and O–H groups in total. The summed E-state index contributed by atoms with van der Waals surface area (Å²) in [6.07, 6.45) is 1.48. The van der Waals surface area contributed by atoms with E-state index in [2.05, 4.69) is 21.2 Å². The summed E-state index contributed by atoms with van der Waals surface area (Å²) >= 11 is 3.37. The Kier molecular flexibility index (Phi) is 5.17. The zero-order chi connectivity index (χ0) is 16.2. The molecule has 0 aliphatic carbocycles. The standard InChI is InChI=1S/C16H20BrN3O3/c17-12-3-5-13(6-4-12)18-16(22)20-9-7-19(8-10-20)15(21)14-2-1-11-23-14/h3-6,14H,1-2,7-11H2,(H,18,22)/t14-/m0/s1. The lowest BCUT2D eigenvalue weighted by Gasteiger charge is -2.35. The van der Waals surface area contributed by atoms with E-state index in [1.54, 1.807) is 9.80 Å². The van der Waals surface area contributed by atoms with Crippen LogP contribution in [0.3, 0.4) is 0 Å². The lowest BCUT2D eigenvalue weighted by atomic mass is 10.2. The van der Waals surface area contributed by atoms with Gasteiger partial charge in [-0.05, 0) is 37.1 Å². The van der Waals surface area contributed by atoms with Crippen molar-refractivity contribution in [2.75, 3.05) is 38.1 Å². The van der Waals surface area contributed by atoms with Crippen LogP contribution < -0.4 is 5.32 Å². The van der Waals surface area contributed by atoms with Crippen LogP contribution in [0, 0.1) is 0 Å². The number of amides is 3. The minimum Gasteiger partial charge on any atom is -0.368 e. The Morgan fingerprint density at radius 1 is 1.09 bits per heavy atom. The van der Waals surface area contributed by atoms with Gasteiger partial charge in [0.15, 0.2) is 0 Å². The molecule has 1 aromatic rings. The van der Waals surface area contributed by atoms with E-state index in [4.69, 9.17) is 4.74 Å². The molecule has 2 aliphatic rings. The summed E-state index contributed by atoms with van der Waals surface area (Å²) in [6.45, 7) is 2.88. The number of carbonyl (C=O) groups is 2. The molecular formula is C16H20BrN3O3. The highest BCUT2D eigenvalue weighted by molar-refractivity contribution is 9.10. The zero-order valence-electron chi connectivity index (χ0n) is 12.8. The third-order valence-electron chi connectivity index (χ3n) is 4.18. The van der Waals surface area contributed by atoms with Gasteiger partial charge in [-0.15, -0.1) is 0 Å². The SMILES string of the molecule is O=C(Nc1ccc(Br)cc1)N1CCN(C(=O)[C@@H]2CCCO2)CC1. The molecule has 2 saturated heterocycles. The largest absolute Gasteiger partial charge is 0.368 e. The molecule has 124 valence electrons. The quantitative estimate of drug-likeness (QED) is 0.854. The molecule has 0 saturated carbocycles. The van der Waals surface area contributed by atoms with Crippen LogP contribution in [-0.2, 0) is 9.53 Å². The van der Waals surface area contributed by atoms with Gasteiger partial charge in [-0.1, -0.05) is 15.9 Å². The summed E-state index contributed by atoms with van der Waals surface area (Å²) < 4.78 is 6.41. The van der Waals surface area contributed by atoms with Crippen LogP contribution in [0.15, 0.2) is 28.7 Å². The van der Waals surface area contributed by atoms with Crippen molar-refractivity contribution in [2.24, 2.45) is 0 Å². The van der Waals surface area contributed by atoms with E-state index in [1.807, 2.05) is 24.3 Å². The van der Waals surface area contributed by atoms with Crippen LogP contribution in [0.5, 0.6) is 0 Å². The van der Waals surface area contributed by atoms with Crippen LogP contribution in [0.1, 0.15) is 12.8 Å². The third kappa shape index (κ3) is 4.03. The zero-order valence-corrected chi connectivity index (χ0v) is 14.4. The summed E-state index contributed by atoms with van der Waals surface area (Å²) in [5.41, 5.74) is 0.760. The molecule has 2 aliphatic heterocycles. The molecule has 1 aromatic carbocycles. The van der Waals surface area contributed by atoms with E-state index in [0.29, 0.717) is 32.8 Å². The summed E-state index contributed by atoms with van der Waals surface area (Å²) in [5, 5.41) is 2.88. The Labute approximate surface area is 143 Å². The molecule has 3 amide bonds. The van der Waals surface area contributed by atoms with Gasteiger partial charge < -0.3 is 19.9 Å². The summed E-state index contributed by atoms with van der Waals surface area (Å²) in [4.78, 5) is 28.1. The number of halogens is 1. The topological polar surface area (TPSA) is 61.9 Å². The van der Waals surface area contributed by atoms with Gasteiger partial charge in [0.1, 0.15) is 6.10 Å². The van der Waals surface area contributed by atoms with Crippen molar-refractivity contribution in [2.45, 2.75) is 18.9 Å². The van der Waals surface area contributed by atoms with Crippen LogP contribution in [0.2, 0.25) is 0 Å². The van der Waals surface area contributed by atoms with Gasteiger partial charge in [-0.25, -0.2) is 4.79 Å². The Morgan fingerprint density at radius 2 is 1.74 bits per heavy atom. The van der Waals surface area contributed by atoms with Crippen molar-refractivity contribution in [3.8, 4) is 0 Å². The Morgan fingerprint density at radius 3 is 2.35 bits per heavy atom. The number of hydrogen-bond acceptors (Lipinski definition) is 3. The maximum Gasteiger partial charge on any atom is 0.321 e. The average molecular weight is 382 g/mol. The van der Waals surface area contributed by atoms with Gasteiger partial charge in [0.25, 0.3) is 5.91 Å². The number of hydrogen-bond donors (Lipinski definition) is 1. The number of nitrogens with one attached hydrogen (secondary N) is 1. The predicted molar refractivity (Wildman–Crippen MR) is 90.3 cm³/mol. The van der Waals surface area contributed by atoms with E-state index in [1.165, 1.54) is 0 Å².